The van der Waals surface area contributed by atoms with Gasteiger partial charge in [0.05, 0.1) is 4.90 Å². The molecule has 2 atom stereocenters. The third kappa shape index (κ3) is 4.87. The molecule has 1 aliphatic heterocycles. The maximum absolute atomic E-state index is 13.0. The number of carboxylic acid groups (broad SMARTS) is 1. The Hall–Kier alpha value is -1.93. The molecular formula is C19H28N2O5S. The minimum atomic E-state index is -3.70. The molecule has 1 heterocycles. The fourth-order valence-corrected chi connectivity index (χ4v) is 5.06. The van der Waals surface area contributed by atoms with E-state index in [9.17, 15) is 18.0 Å². The smallest absolute Gasteiger partial charge is 0.323 e. The second kappa shape index (κ2) is 8.84. The summed E-state index contributed by atoms with van der Waals surface area (Å²) in [5, 5.41) is 9.11. The number of carbonyl (C=O) groups is 2. The molecule has 1 N–H and O–H groups in total. The van der Waals surface area contributed by atoms with E-state index in [-0.39, 0.29) is 22.5 Å². The van der Waals surface area contributed by atoms with Crippen LogP contribution in [-0.4, -0.2) is 59.8 Å². The average molecular weight is 397 g/mol. The van der Waals surface area contributed by atoms with Gasteiger partial charge >= 0.3 is 5.97 Å². The minimum absolute atomic E-state index is 0.0709. The topological polar surface area (TPSA) is 95.0 Å². The number of amides is 1. The van der Waals surface area contributed by atoms with E-state index in [1.54, 1.807) is 6.92 Å². The molecule has 0 radical (unpaired) electrons. The number of nitrogens with zero attached hydrogens (tertiary/aromatic N) is 2. The van der Waals surface area contributed by atoms with Crippen LogP contribution in [0.1, 0.15) is 56.8 Å². The van der Waals surface area contributed by atoms with Crippen molar-refractivity contribution in [2.45, 2.75) is 63.4 Å². The summed E-state index contributed by atoms with van der Waals surface area (Å²) in [7, 11) is -3.70. The fraction of sp³-hybridized carbons (Fsp3) is 0.579. The van der Waals surface area contributed by atoms with Gasteiger partial charge in [-0.3, -0.25) is 9.59 Å². The number of carbonyl (C=O) groups excluding carboxylic acids is 1. The van der Waals surface area contributed by atoms with Gasteiger partial charge in [0.25, 0.3) is 5.91 Å². The Morgan fingerprint density at radius 3 is 2.63 bits per heavy atom. The summed E-state index contributed by atoms with van der Waals surface area (Å²) >= 11 is 0. The molecule has 0 bridgehead atoms. The van der Waals surface area contributed by atoms with Crippen LogP contribution >= 0.6 is 0 Å². The number of sulfonamides is 1. The first kappa shape index (κ1) is 21.4. The lowest BCUT2D eigenvalue weighted by Crippen LogP contribution is -2.42. The van der Waals surface area contributed by atoms with Crippen LogP contribution in [0.25, 0.3) is 0 Å². The molecule has 0 spiro atoms. The second-order valence-corrected chi connectivity index (χ2v) is 8.96. The molecule has 1 fully saturated rings. The maximum atomic E-state index is 13.0. The molecule has 0 saturated carbocycles. The maximum Gasteiger partial charge on any atom is 0.323 e. The van der Waals surface area contributed by atoms with Crippen molar-refractivity contribution in [3.63, 3.8) is 0 Å². The number of rotatable bonds is 7. The van der Waals surface area contributed by atoms with Gasteiger partial charge in [-0.25, -0.2) is 8.42 Å². The molecule has 0 aromatic heterocycles. The summed E-state index contributed by atoms with van der Waals surface area (Å²) in [5.41, 5.74) is 0.183. The third-order valence-electron chi connectivity index (χ3n) is 5.12. The van der Waals surface area contributed by atoms with Crippen LogP contribution in [0.15, 0.2) is 29.2 Å². The molecule has 1 saturated heterocycles. The SMILES string of the molecule is CCC(C)N(CC(=O)O)C(=O)c1cccc(S(=O)(=O)N2CCCCC2C)c1. The van der Waals surface area contributed by atoms with E-state index in [0.717, 1.165) is 19.3 Å². The van der Waals surface area contributed by atoms with Gasteiger partial charge in [-0.15, -0.1) is 0 Å². The van der Waals surface area contributed by atoms with Gasteiger partial charge in [-0.1, -0.05) is 19.4 Å². The Balaban J connectivity index is 2.35. The van der Waals surface area contributed by atoms with Crippen molar-refractivity contribution in [2.24, 2.45) is 0 Å². The molecule has 0 aliphatic carbocycles. The first-order valence-corrected chi connectivity index (χ1v) is 10.8. The minimum Gasteiger partial charge on any atom is -0.480 e. The fourth-order valence-electron chi connectivity index (χ4n) is 3.31. The van der Waals surface area contributed by atoms with E-state index in [0.29, 0.717) is 13.0 Å². The van der Waals surface area contributed by atoms with E-state index in [2.05, 4.69) is 0 Å². The Labute approximate surface area is 161 Å². The molecule has 150 valence electrons. The van der Waals surface area contributed by atoms with Crippen LogP contribution < -0.4 is 0 Å². The molecule has 27 heavy (non-hydrogen) atoms. The molecule has 7 nitrogen and oxygen atoms in total. The van der Waals surface area contributed by atoms with Crippen molar-refractivity contribution in [1.29, 1.82) is 0 Å². The molecule has 2 unspecified atom stereocenters. The molecular weight excluding hydrogens is 368 g/mol. The summed E-state index contributed by atoms with van der Waals surface area (Å²) in [6.45, 7) is 5.58. The van der Waals surface area contributed by atoms with Gasteiger partial charge in [-0.05, 0) is 51.3 Å². The Kier molecular flexibility index (Phi) is 7.00. The second-order valence-electron chi connectivity index (χ2n) is 7.07. The zero-order chi connectivity index (χ0) is 20.2. The van der Waals surface area contributed by atoms with Gasteiger partial charge in [0, 0.05) is 24.2 Å². The summed E-state index contributed by atoms with van der Waals surface area (Å²) in [6, 6.07) is 5.56. The highest BCUT2D eigenvalue weighted by Gasteiger charge is 2.32. The average Bonchev–Trinajstić information content (AvgIpc) is 2.65. The first-order valence-electron chi connectivity index (χ1n) is 9.33. The van der Waals surface area contributed by atoms with Crippen LogP contribution in [0.5, 0.6) is 0 Å². The zero-order valence-corrected chi connectivity index (χ0v) is 16.9. The molecule has 1 amide bonds. The van der Waals surface area contributed by atoms with Crippen molar-refractivity contribution >= 4 is 21.9 Å². The van der Waals surface area contributed by atoms with Crippen LogP contribution in [0.2, 0.25) is 0 Å². The molecule has 2 rings (SSSR count). The van der Waals surface area contributed by atoms with E-state index >= 15 is 0 Å². The van der Waals surface area contributed by atoms with Crippen LogP contribution in [-0.2, 0) is 14.8 Å². The number of hydrogen-bond donors (Lipinski definition) is 1. The van der Waals surface area contributed by atoms with E-state index in [1.807, 2.05) is 13.8 Å². The third-order valence-corrected chi connectivity index (χ3v) is 7.13. The Morgan fingerprint density at radius 1 is 1.33 bits per heavy atom. The van der Waals surface area contributed by atoms with Crippen molar-refractivity contribution in [3.8, 4) is 0 Å². The highest BCUT2D eigenvalue weighted by molar-refractivity contribution is 7.89. The standard InChI is InChI=1S/C19H28N2O5S/c1-4-14(2)20(13-18(22)23)19(24)16-9-7-10-17(12-16)27(25,26)21-11-6-5-8-15(21)3/h7,9-10,12,14-15H,4-6,8,11,13H2,1-3H3,(H,22,23). The highest BCUT2D eigenvalue weighted by Crippen LogP contribution is 2.26. The van der Waals surface area contributed by atoms with Gasteiger partial charge in [0.1, 0.15) is 6.54 Å². The zero-order valence-electron chi connectivity index (χ0n) is 16.1. The van der Waals surface area contributed by atoms with Crippen molar-refractivity contribution in [1.82, 2.24) is 9.21 Å². The van der Waals surface area contributed by atoms with Crippen LogP contribution in [0.4, 0.5) is 0 Å². The largest absolute Gasteiger partial charge is 0.480 e. The first-order chi connectivity index (χ1) is 12.7. The summed E-state index contributed by atoms with van der Waals surface area (Å²) < 4.78 is 27.5. The predicted molar refractivity (Wildman–Crippen MR) is 102 cm³/mol. The van der Waals surface area contributed by atoms with Gasteiger partial charge in [0.2, 0.25) is 10.0 Å². The molecule has 1 aromatic rings. The monoisotopic (exact) mass is 396 g/mol. The van der Waals surface area contributed by atoms with E-state index in [1.165, 1.54) is 33.5 Å². The molecule has 1 aliphatic rings. The molecule has 8 heteroatoms. The van der Waals surface area contributed by atoms with Gasteiger partial charge < -0.3 is 10.0 Å². The van der Waals surface area contributed by atoms with E-state index < -0.39 is 28.4 Å². The number of aliphatic carboxylic acids is 1. The summed E-state index contributed by atoms with van der Waals surface area (Å²) in [5.74, 6) is -1.58. The lowest BCUT2D eigenvalue weighted by atomic mass is 10.1. The number of benzene rings is 1. The van der Waals surface area contributed by atoms with Crippen LogP contribution in [0.3, 0.4) is 0 Å². The Morgan fingerprint density at radius 2 is 2.04 bits per heavy atom. The Bertz CT molecular complexity index is 793. The lowest BCUT2D eigenvalue weighted by Gasteiger charge is -2.32. The van der Waals surface area contributed by atoms with Crippen molar-refractivity contribution in [2.75, 3.05) is 13.1 Å². The van der Waals surface area contributed by atoms with Crippen molar-refractivity contribution < 1.29 is 23.1 Å². The highest BCUT2D eigenvalue weighted by atomic mass is 32.2. The summed E-state index contributed by atoms with van der Waals surface area (Å²) in [6.07, 6.45) is 3.24. The quantitative estimate of drug-likeness (QED) is 0.764. The number of piperidine rings is 1. The summed E-state index contributed by atoms with van der Waals surface area (Å²) in [4.78, 5) is 25.3. The molecule has 1 aromatic carbocycles. The lowest BCUT2D eigenvalue weighted by molar-refractivity contribution is -0.138. The normalized spacial score (nSPS) is 19.4. The van der Waals surface area contributed by atoms with Gasteiger partial charge in [0.15, 0.2) is 0 Å². The van der Waals surface area contributed by atoms with Crippen LogP contribution in [0, 0.1) is 0 Å². The number of carboxylic acids is 1. The predicted octanol–water partition coefficient (Wildman–Crippen LogP) is 2.58. The van der Waals surface area contributed by atoms with E-state index in [4.69, 9.17) is 5.11 Å². The van der Waals surface area contributed by atoms with Gasteiger partial charge in [-0.2, -0.15) is 4.31 Å². The number of hydrogen-bond acceptors (Lipinski definition) is 4. The van der Waals surface area contributed by atoms with Crippen molar-refractivity contribution in [3.05, 3.63) is 29.8 Å².